The summed E-state index contributed by atoms with van der Waals surface area (Å²) in [6, 6.07) is -4.51. The number of primary amides is 2. The van der Waals surface area contributed by atoms with E-state index in [-0.39, 0.29) is 0 Å². The summed E-state index contributed by atoms with van der Waals surface area (Å²) in [5.41, 5.74) is 15.4. The molecule has 0 aromatic heterocycles. The molecule has 0 fully saturated rings. The van der Waals surface area contributed by atoms with Gasteiger partial charge in [0.25, 0.3) is 0 Å². The number of rotatable bonds is 14. The van der Waals surface area contributed by atoms with E-state index in [9.17, 15) is 33.6 Å². The molecule has 15 heteroatoms. The summed E-state index contributed by atoms with van der Waals surface area (Å²) in [5.74, 6) is -7.66. The second-order valence-electron chi connectivity index (χ2n) is 6.11. The summed E-state index contributed by atoms with van der Waals surface area (Å²) in [6.07, 6.45) is -2.22. The molecule has 0 aliphatic heterocycles. The van der Waals surface area contributed by atoms with Gasteiger partial charge in [0.2, 0.25) is 29.5 Å². The van der Waals surface area contributed by atoms with Gasteiger partial charge < -0.3 is 43.4 Å². The first kappa shape index (κ1) is 26.2. The fraction of sp³-hybridized carbons (Fsp3) is 0.533. The highest BCUT2D eigenvalue weighted by molar-refractivity contribution is 5.96. The smallest absolute Gasteiger partial charge is 0.322 e. The van der Waals surface area contributed by atoms with Crippen LogP contribution in [-0.2, 0) is 33.6 Å². The quantitative estimate of drug-likeness (QED) is 0.129. The van der Waals surface area contributed by atoms with Gasteiger partial charge in [-0.25, -0.2) is 0 Å². The van der Waals surface area contributed by atoms with E-state index in [1.165, 1.54) is 0 Å². The standard InChI is InChI=1S/C15H24N6O9/c16-6(3-9(17)22)13(28)21-8(4-10(18)23)15(30)20-7(1-2-11(24)25)14(29)19-5-12(26)27/h6-8H,1-5,16H2,(H2,17,22)(H2,18,23)(H,19,29)(H,20,30)(H,21,28)(H,24,25)(H,26,27). The molecule has 0 aliphatic rings. The van der Waals surface area contributed by atoms with Crippen LogP contribution in [0.25, 0.3) is 0 Å². The Morgan fingerprint density at radius 2 is 1.27 bits per heavy atom. The second-order valence-corrected chi connectivity index (χ2v) is 6.11. The number of amides is 5. The van der Waals surface area contributed by atoms with Crippen molar-refractivity contribution < 1.29 is 43.8 Å². The van der Waals surface area contributed by atoms with Gasteiger partial charge in [0.05, 0.1) is 18.9 Å². The van der Waals surface area contributed by atoms with Gasteiger partial charge in [0.15, 0.2) is 0 Å². The van der Waals surface area contributed by atoms with Crippen LogP contribution in [-0.4, -0.2) is 76.4 Å². The Balaban J connectivity index is 5.33. The number of nitrogens with two attached hydrogens (primary N) is 3. The van der Waals surface area contributed by atoms with Crippen LogP contribution in [0, 0.1) is 0 Å². The minimum absolute atomic E-state index is 0.412. The van der Waals surface area contributed by atoms with E-state index in [4.69, 9.17) is 27.4 Å². The molecule has 168 valence electrons. The molecule has 0 rings (SSSR count). The molecule has 11 N–H and O–H groups in total. The highest BCUT2D eigenvalue weighted by atomic mass is 16.4. The molecule has 5 amide bonds. The summed E-state index contributed by atoms with van der Waals surface area (Å²) < 4.78 is 0. The Kier molecular flexibility index (Phi) is 11.1. The van der Waals surface area contributed by atoms with Crippen molar-refractivity contribution in [2.75, 3.05) is 6.54 Å². The number of hydrogen-bond acceptors (Lipinski definition) is 8. The number of nitrogens with one attached hydrogen (secondary N) is 3. The van der Waals surface area contributed by atoms with Crippen molar-refractivity contribution in [3.05, 3.63) is 0 Å². The molecule has 0 aromatic rings. The molecule has 0 saturated heterocycles. The van der Waals surface area contributed by atoms with Gasteiger partial charge in [-0.3, -0.25) is 33.6 Å². The molecule has 0 aliphatic carbocycles. The van der Waals surface area contributed by atoms with Crippen molar-refractivity contribution in [2.45, 2.75) is 43.8 Å². The molecule has 3 atom stereocenters. The summed E-state index contributed by atoms with van der Waals surface area (Å²) in [5, 5.41) is 23.6. The molecule has 30 heavy (non-hydrogen) atoms. The maximum absolute atomic E-state index is 12.4. The predicted octanol–water partition coefficient (Wildman–Crippen LogP) is -4.90. The molecule has 0 saturated carbocycles. The highest BCUT2D eigenvalue weighted by Crippen LogP contribution is 2.02. The van der Waals surface area contributed by atoms with E-state index >= 15 is 0 Å². The first-order chi connectivity index (χ1) is 13.8. The SMILES string of the molecule is NC(=O)CC(N)C(=O)NC(CC(N)=O)C(=O)NC(CCC(=O)O)C(=O)NCC(=O)O. The lowest BCUT2D eigenvalue weighted by Gasteiger charge is -2.23. The van der Waals surface area contributed by atoms with E-state index < -0.39 is 91.8 Å². The summed E-state index contributed by atoms with van der Waals surface area (Å²) in [4.78, 5) is 79.9. The fourth-order valence-electron chi connectivity index (χ4n) is 2.09. The summed E-state index contributed by atoms with van der Waals surface area (Å²) in [6.45, 7) is -0.790. The molecule has 0 bridgehead atoms. The molecule has 0 spiro atoms. The van der Waals surface area contributed by atoms with Crippen molar-refractivity contribution in [2.24, 2.45) is 17.2 Å². The van der Waals surface area contributed by atoms with Crippen LogP contribution in [0.3, 0.4) is 0 Å². The third-order valence-corrected chi connectivity index (χ3v) is 3.49. The third kappa shape index (κ3) is 11.2. The van der Waals surface area contributed by atoms with Crippen molar-refractivity contribution in [3.8, 4) is 0 Å². The van der Waals surface area contributed by atoms with Crippen LogP contribution >= 0.6 is 0 Å². The van der Waals surface area contributed by atoms with Crippen LogP contribution in [0.4, 0.5) is 0 Å². The maximum Gasteiger partial charge on any atom is 0.322 e. The van der Waals surface area contributed by atoms with Crippen LogP contribution < -0.4 is 33.2 Å². The van der Waals surface area contributed by atoms with Gasteiger partial charge in [-0.05, 0) is 6.42 Å². The largest absolute Gasteiger partial charge is 0.481 e. The second kappa shape index (κ2) is 12.7. The van der Waals surface area contributed by atoms with Gasteiger partial charge in [-0.2, -0.15) is 0 Å². The molecular formula is C15H24N6O9. The Bertz CT molecular complexity index is 711. The zero-order chi connectivity index (χ0) is 23.4. The lowest BCUT2D eigenvalue weighted by molar-refractivity contribution is -0.140. The Hall–Kier alpha value is -3.75. The fourth-order valence-corrected chi connectivity index (χ4v) is 2.09. The molecule has 0 heterocycles. The normalized spacial score (nSPS) is 13.2. The highest BCUT2D eigenvalue weighted by Gasteiger charge is 2.30. The Morgan fingerprint density at radius 3 is 1.73 bits per heavy atom. The van der Waals surface area contributed by atoms with E-state index in [1.54, 1.807) is 0 Å². The minimum atomic E-state index is -1.60. The summed E-state index contributed by atoms with van der Waals surface area (Å²) >= 11 is 0. The first-order valence-electron chi connectivity index (χ1n) is 8.47. The van der Waals surface area contributed by atoms with Crippen molar-refractivity contribution in [3.63, 3.8) is 0 Å². The minimum Gasteiger partial charge on any atom is -0.481 e. The van der Waals surface area contributed by atoms with Gasteiger partial charge in [-0.15, -0.1) is 0 Å². The number of hydrogen-bond donors (Lipinski definition) is 8. The van der Waals surface area contributed by atoms with Crippen molar-refractivity contribution >= 4 is 41.5 Å². The zero-order valence-electron chi connectivity index (χ0n) is 15.8. The number of carboxylic acid groups (broad SMARTS) is 2. The third-order valence-electron chi connectivity index (χ3n) is 3.49. The molecular weight excluding hydrogens is 408 g/mol. The van der Waals surface area contributed by atoms with Crippen LogP contribution in [0.15, 0.2) is 0 Å². The van der Waals surface area contributed by atoms with Gasteiger partial charge >= 0.3 is 11.9 Å². The van der Waals surface area contributed by atoms with Crippen LogP contribution in [0.2, 0.25) is 0 Å². The molecule has 3 unspecified atom stereocenters. The van der Waals surface area contributed by atoms with Crippen molar-refractivity contribution in [1.82, 2.24) is 16.0 Å². The van der Waals surface area contributed by atoms with Gasteiger partial charge in [0, 0.05) is 6.42 Å². The monoisotopic (exact) mass is 432 g/mol. The lowest BCUT2D eigenvalue weighted by Crippen LogP contribution is -2.57. The number of carbonyl (C=O) groups excluding carboxylic acids is 5. The molecule has 0 radical (unpaired) electrons. The molecule has 15 nitrogen and oxygen atoms in total. The predicted molar refractivity (Wildman–Crippen MR) is 97.0 cm³/mol. The van der Waals surface area contributed by atoms with Crippen molar-refractivity contribution in [1.29, 1.82) is 0 Å². The van der Waals surface area contributed by atoms with E-state index in [0.717, 1.165) is 0 Å². The number of aliphatic carboxylic acids is 2. The average Bonchev–Trinajstić information content (AvgIpc) is 2.60. The van der Waals surface area contributed by atoms with Crippen LogP contribution in [0.5, 0.6) is 0 Å². The van der Waals surface area contributed by atoms with Gasteiger partial charge in [-0.1, -0.05) is 0 Å². The topological polar surface area (TPSA) is 274 Å². The molecule has 0 aromatic carbocycles. The van der Waals surface area contributed by atoms with E-state index in [2.05, 4.69) is 10.6 Å². The Morgan fingerprint density at radius 1 is 0.733 bits per heavy atom. The maximum atomic E-state index is 12.4. The van der Waals surface area contributed by atoms with E-state index in [0.29, 0.717) is 0 Å². The zero-order valence-corrected chi connectivity index (χ0v) is 15.8. The summed E-state index contributed by atoms with van der Waals surface area (Å²) in [7, 11) is 0. The lowest BCUT2D eigenvalue weighted by atomic mass is 10.1. The van der Waals surface area contributed by atoms with Crippen LogP contribution in [0.1, 0.15) is 25.7 Å². The number of carboxylic acids is 2. The Labute approximate surface area is 169 Å². The van der Waals surface area contributed by atoms with E-state index in [1.807, 2.05) is 5.32 Å². The van der Waals surface area contributed by atoms with Gasteiger partial charge in [0.1, 0.15) is 18.6 Å². The number of carbonyl (C=O) groups is 7. The average molecular weight is 432 g/mol. The first-order valence-corrected chi connectivity index (χ1v) is 8.47.